The molecule has 0 spiro atoms. The van der Waals surface area contributed by atoms with Crippen molar-refractivity contribution in [2.45, 2.75) is 0 Å². The first kappa shape index (κ1) is 10.8. The van der Waals surface area contributed by atoms with E-state index >= 15 is 0 Å². The minimum absolute atomic E-state index is 0. The average Bonchev–Trinajstić information content (AvgIpc) is 1.38. The summed E-state index contributed by atoms with van der Waals surface area (Å²) in [6.45, 7) is 0. The van der Waals surface area contributed by atoms with Crippen LogP contribution in [-0.2, 0) is 0 Å². The molecule has 6 heavy (non-hydrogen) atoms. The number of rotatable bonds is 0. The molecule has 1 nitrogen and oxygen atoms in total. The molecule has 0 aromatic heterocycles. The summed E-state index contributed by atoms with van der Waals surface area (Å²) in [7, 11) is 1.73. The Morgan fingerprint density at radius 1 is 2.00 bits per heavy atom. The maximum Gasteiger partial charge on any atom is 1.00 e. The predicted molar refractivity (Wildman–Crippen MR) is 31.8 cm³/mol. The van der Waals surface area contributed by atoms with Gasteiger partial charge in [-0.3, -0.25) is 0 Å². The molecule has 0 radical (unpaired) electrons. The minimum atomic E-state index is 0. The molecule has 4 heteroatoms. The van der Waals surface area contributed by atoms with Gasteiger partial charge in [-0.25, -0.2) is 0 Å². The van der Waals surface area contributed by atoms with Crippen molar-refractivity contribution in [3.8, 4) is 0 Å². The van der Waals surface area contributed by atoms with E-state index in [1.54, 1.807) is 7.05 Å². The molecule has 0 rings (SSSR count). The molecule has 32 valence electrons. The van der Waals surface area contributed by atoms with Gasteiger partial charge in [0.25, 0.3) is 0 Å². The van der Waals surface area contributed by atoms with E-state index in [9.17, 15) is 0 Å². The van der Waals surface area contributed by atoms with Gasteiger partial charge in [0, 0.05) is 7.05 Å². The Morgan fingerprint density at radius 2 is 2.17 bits per heavy atom. The van der Waals surface area contributed by atoms with Crippen LogP contribution in [-0.4, -0.2) is 11.4 Å². The number of thiol groups is 1. The number of hydrogen-bond acceptors (Lipinski definition) is 1. The fourth-order valence-electron chi connectivity index (χ4n) is 0. The normalized spacial score (nSPS) is 5.67. The van der Waals surface area contributed by atoms with Crippen molar-refractivity contribution < 1.29 is 52.8 Å². The van der Waals surface area contributed by atoms with E-state index in [1.165, 1.54) is 0 Å². The largest absolute Gasteiger partial charge is 1.00 e. The molecule has 0 unspecified atom stereocenters. The van der Waals surface area contributed by atoms with Crippen LogP contribution >= 0.6 is 24.8 Å². The zero-order valence-corrected chi connectivity index (χ0v) is 8.69. The third-order valence-corrected chi connectivity index (χ3v) is 0.642. The van der Waals surface area contributed by atoms with Crippen molar-refractivity contribution in [1.29, 1.82) is 0 Å². The van der Waals surface area contributed by atoms with Gasteiger partial charge in [0.2, 0.25) is 0 Å². The van der Waals surface area contributed by atoms with Gasteiger partial charge in [-0.05, 0) is 0 Å². The first-order valence-electron chi connectivity index (χ1n) is 1.18. The smallest absolute Gasteiger partial charge is 1.00 e. The molecule has 0 aromatic carbocycles. The van der Waals surface area contributed by atoms with Crippen LogP contribution < -0.4 is 56.7 Å². The maximum atomic E-state index is 4.45. The Morgan fingerprint density at radius 3 is 2.17 bits per heavy atom. The fourth-order valence-corrected chi connectivity index (χ4v) is 0. The van der Waals surface area contributed by atoms with Gasteiger partial charge in [-0.1, -0.05) is 12.2 Å². The van der Waals surface area contributed by atoms with Crippen LogP contribution in [0.2, 0.25) is 0 Å². The van der Waals surface area contributed by atoms with Crippen LogP contribution in [0.4, 0.5) is 0 Å². The molecule has 0 amide bonds. The van der Waals surface area contributed by atoms with Gasteiger partial charge in [-0.2, -0.15) is 0 Å². The summed E-state index contributed by atoms with van der Waals surface area (Å²) in [6, 6.07) is 0. The molecule has 0 aromatic rings. The SMILES string of the molecule is CNC(=S)S.[H-].[K+]. The predicted octanol–water partition coefficient (Wildman–Crippen LogP) is -2.46. The molecule has 1 N–H and O–H groups in total. The van der Waals surface area contributed by atoms with Gasteiger partial charge >= 0.3 is 51.4 Å². The topological polar surface area (TPSA) is 12.0 Å². The van der Waals surface area contributed by atoms with Gasteiger partial charge < -0.3 is 6.74 Å². The molecule has 0 bridgehead atoms. The zero-order valence-electron chi connectivity index (χ0n) is 4.86. The van der Waals surface area contributed by atoms with E-state index in [2.05, 4.69) is 30.2 Å². The Labute approximate surface area is 92.6 Å². The minimum Gasteiger partial charge on any atom is -1.00 e. The second-order valence-electron chi connectivity index (χ2n) is 0.555. The standard InChI is InChI=1S/C2H5NS2.K.H/c1-3-2(4)5;;/h1H3,(H2,3,4,5);;/q;+1;-1. The number of hydrogen-bond donors (Lipinski definition) is 2. The molecule has 0 fully saturated rings. The first-order chi connectivity index (χ1) is 2.27. The summed E-state index contributed by atoms with van der Waals surface area (Å²) in [5, 5.41) is 2.62. The fraction of sp³-hybridized carbons (Fsp3) is 0.500. The zero-order chi connectivity index (χ0) is 4.28. The van der Waals surface area contributed by atoms with Crippen molar-refractivity contribution in [2.24, 2.45) is 0 Å². The summed E-state index contributed by atoms with van der Waals surface area (Å²) in [5.74, 6) is 0. The van der Waals surface area contributed by atoms with Gasteiger partial charge in [0.05, 0.1) is 0 Å². The van der Waals surface area contributed by atoms with E-state index in [0.29, 0.717) is 4.32 Å². The van der Waals surface area contributed by atoms with Gasteiger partial charge in [0.15, 0.2) is 0 Å². The monoisotopic (exact) mass is 147 g/mol. The summed E-state index contributed by atoms with van der Waals surface area (Å²) >= 11 is 8.17. The molecule has 0 aliphatic heterocycles. The molecule has 0 saturated carbocycles. The Kier molecular flexibility index (Phi) is 12.4. The summed E-state index contributed by atoms with van der Waals surface area (Å²) < 4.78 is 0.532. The van der Waals surface area contributed by atoms with Crippen molar-refractivity contribution >= 4 is 29.2 Å². The van der Waals surface area contributed by atoms with Crippen molar-refractivity contribution in [1.82, 2.24) is 5.32 Å². The second-order valence-corrected chi connectivity index (χ2v) is 1.71. The summed E-state index contributed by atoms with van der Waals surface area (Å²) in [5.41, 5.74) is 0. The van der Waals surface area contributed by atoms with E-state index in [4.69, 9.17) is 0 Å². The third kappa shape index (κ3) is 9.30. The van der Waals surface area contributed by atoms with Crippen LogP contribution in [0.15, 0.2) is 0 Å². The molecule has 0 atom stereocenters. The average molecular weight is 147 g/mol. The van der Waals surface area contributed by atoms with E-state index in [-0.39, 0.29) is 52.8 Å². The van der Waals surface area contributed by atoms with Crippen LogP contribution in [0.1, 0.15) is 1.43 Å². The molecule has 0 heterocycles. The maximum absolute atomic E-state index is 4.45. The summed E-state index contributed by atoms with van der Waals surface area (Å²) in [6.07, 6.45) is 0. The van der Waals surface area contributed by atoms with Crippen molar-refractivity contribution in [3.05, 3.63) is 0 Å². The Balaban J connectivity index is -0.0000000800. The van der Waals surface area contributed by atoms with E-state index in [1.807, 2.05) is 0 Å². The quantitative estimate of drug-likeness (QED) is 0.224. The van der Waals surface area contributed by atoms with Gasteiger partial charge in [-0.15, -0.1) is 12.6 Å². The third-order valence-electron chi connectivity index (χ3n) is 0.214. The summed E-state index contributed by atoms with van der Waals surface area (Å²) in [4.78, 5) is 0. The molecular weight excluding hydrogens is 141 g/mol. The van der Waals surface area contributed by atoms with Crippen molar-refractivity contribution in [2.75, 3.05) is 7.05 Å². The molecule has 0 saturated heterocycles. The second kappa shape index (κ2) is 6.88. The Bertz CT molecular complexity index is 51.0. The number of nitrogens with one attached hydrogen (secondary N) is 1. The van der Waals surface area contributed by atoms with Crippen LogP contribution in [0.3, 0.4) is 0 Å². The molecule has 0 aliphatic carbocycles. The van der Waals surface area contributed by atoms with Crippen molar-refractivity contribution in [3.63, 3.8) is 0 Å². The first-order valence-corrected chi connectivity index (χ1v) is 2.03. The van der Waals surface area contributed by atoms with Gasteiger partial charge in [0.1, 0.15) is 4.32 Å². The van der Waals surface area contributed by atoms with E-state index in [0.717, 1.165) is 0 Å². The Hall–Kier alpha value is 1.88. The molecule has 0 aliphatic rings. The van der Waals surface area contributed by atoms with Crippen LogP contribution in [0, 0.1) is 0 Å². The molecular formula is C2H6KNS2. The van der Waals surface area contributed by atoms with E-state index < -0.39 is 0 Å². The number of thiocarbonyl (C=S) groups is 1. The van der Waals surface area contributed by atoms with Crippen LogP contribution in [0.5, 0.6) is 0 Å². The van der Waals surface area contributed by atoms with Crippen LogP contribution in [0.25, 0.3) is 0 Å².